The van der Waals surface area contributed by atoms with Crippen LogP contribution in [0.25, 0.3) is 0 Å². The summed E-state index contributed by atoms with van der Waals surface area (Å²) in [5.41, 5.74) is 4.00. The molecule has 1 atom stereocenters. The van der Waals surface area contributed by atoms with Gasteiger partial charge in [0.15, 0.2) is 6.61 Å². The molecule has 0 saturated carbocycles. The number of carbonyl (C=O) groups excluding carboxylic acids is 2. The van der Waals surface area contributed by atoms with Crippen molar-refractivity contribution in [1.29, 1.82) is 0 Å². The van der Waals surface area contributed by atoms with E-state index in [9.17, 15) is 9.59 Å². The molecule has 0 spiro atoms. The van der Waals surface area contributed by atoms with Gasteiger partial charge in [0.2, 0.25) is 0 Å². The van der Waals surface area contributed by atoms with E-state index >= 15 is 0 Å². The fraction of sp³-hybridized carbons (Fsp3) is 0.200. The van der Waals surface area contributed by atoms with Gasteiger partial charge in [-0.15, -0.1) is 0 Å². The smallest absolute Gasteiger partial charge is 0.262 e. The predicted molar refractivity (Wildman–Crippen MR) is 119 cm³/mol. The maximum absolute atomic E-state index is 12.8. The SMILES string of the molecule is Cc1cc(C)cc(OCC(=O)Nc2ccccc2C(=O)N[C@@H](C)c2ccccc2)c1. The van der Waals surface area contributed by atoms with E-state index in [1.54, 1.807) is 24.3 Å². The first kappa shape index (κ1) is 21.1. The second-order valence-corrected chi connectivity index (χ2v) is 7.31. The molecule has 5 nitrogen and oxygen atoms in total. The Morgan fingerprint density at radius 3 is 2.23 bits per heavy atom. The van der Waals surface area contributed by atoms with Crippen molar-refractivity contribution in [2.24, 2.45) is 0 Å². The Labute approximate surface area is 177 Å². The molecule has 0 heterocycles. The van der Waals surface area contributed by atoms with Gasteiger partial charge in [-0.2, -0.15) is 0 Å². The molecule has 5 heteroatoms. The summed E-state index contributed by atoms with van der Waals surface area (Å²) in [6.45, 7) is 5.74. The average Bonchev–Trinajstić information content (AvgIpc) is 2.72. The van der Waals surface area contributed by atoms with Crippen LogP contribution in [0.1, 0.15) is 40.0 Å². The average molecular weight is 402 g/mol. The van der Waals surface area contributed by atoms with Crippen molar-refractivity contribution in [3.05, 3.63) is 95.1 Å². The Kier molecular flexibility index (Phi) is 6.86. The monoisotopic (exact) mass is 402 g/mol. The molecule has 3 rings (SSSR count). The zero-order chi connectivity index (χ0) is 21.5. The van der Waals surface area contributed by atoms with Gasteiger partial charge in [0.1, 0.15) is 5.75 Å². The van der Waals surface area contributed by atoms with Gasteiger partial charge >= 0.3 is 0 Å². The van der Waals surface area contributed by atoms with E-state index in [0.717, 1.165) is 16.7 Å². The Morgan fingerprint density at radius 2 is 1.53 bits per heavy atom. The van der Waals surface area contributed by atoms with E-state index in [4.69, 9.17) is 4.74 Å². The molecule has 0 aliphatic heterocycles. The minimum atomic E-state index is -0.328. The summed E-state index contributed by atoms with van der Waals surface area (Å²) in [6, 6.07) is 22.3. The maximum atomic E-state index is 12.8. The molecule has 0 fully saturated rings. The molecule has 30 heavy (non-hydrogen) atoms. The van der Waals surface area contributed by atoms with Crippen molar-refractivity contribution in [1.82, 2.24) is 5.32 Å². The summed E-state index contributed by atoms with van der Waals surface area (Å²) in [5, 5.41) is 5.75. The molecule has 0 unspecified atom stereocenters. The van der Waals surface area contributed by atoms with Crippen molar-refractivity contribution in [2.75, 3.05) is 11.9 Å². The Bertz CT molecular complexity index is 1010. The molecule has 0 aliphatic carbocycles. The van der Waals surface area contributed by atoms with E-state index in [-0.39, 0.29) is 24.5 Å². The minimum Gasteiger partial charge on any atom is -0.484 e. The van der Waals surface area contributed by atoms with Gasteiger partial charge in [0.05, 0.1) is 17.3 Å². The normalized spacial score (nSPS) is 11.4. The highest BCUT2D eigenvalue weighted by atomic mass is 16.5. The van der Waals surface area contributed by atoms with Crippen LogP contribution in [0, 0.1) is 13.8 Å². The van der Waals surface area contributed by atoms with Gasteiger partial charge in [0, 0.05) is 0 Å². The number of rotatable bonds is 7. The second kappa shape index (κ2) is 9.74. The summed E-state index contributed by atoms with van der Waals surface area (Å²) < 4.78 is 5.61. The van der Waals surface area contributed by atoms with Crippen molar-refractivity contribution in [2.45, 2.75) is 26.8 Å². The van der Waals surface area contributed by atoms with Gasteiger partial charge in [-0.05, 0) is 61.7 Å². The van der Waals surface area contributed by atoms with Crippen LogP contribution < -0.4 is 15.4 Å². The van der Waals surface area contributed by atoms with Crippen LogP contribution in [0.5, 0.6) is 5.75 Å². The Morgan fingerprint density at radius 1 is 0.900 bits per heavy atom. The summed E-state index contributed by atoms with van der Waals surface area (Å²) in [4.78, 5) is 25.2. The molecular formula is C25H26N2O3. The largest absolute Gasteiger partial charge is 0.484 e. The van der Waals surface area contributed by atoms with Crippen molar-refractivity contribution < 1.29 is 14.3 Å². The third-order valence-electron chi connectivity index (χ3n) is 4.66. The summed E-state index contributed by atoms with van der Waals surface area (Å²) in [7, 11) is 0. The van der Waals surface area contributed by atoms with Gasteiger partial charge < -0.3 is 15.4 Å². The fourth-order valence-corrected chi connectivity index (χ4v) is 3.24. The zero-order valence-corrected chi connectivity index (χ0v) is 17.4. The number of benzene rings is 3. The first-order valence-corrected chi connectivity index (χ1v) is 9.88. The molecule has 0 bridgehead atoms. The van der Waals surface area contributed by atoms with Crippen LogP contribution in [-0.4, -0.2) is 18.4 Å². The molecule has 154 valence electrons. The number of carbonyl (C=O) groups is 2. The third-order valence-corrected chi connectivity index (χ3v) is 4.66. The fourth-order valence-electron chi connectivity index (χ4n) is 3.24. The van der Waals surface area contributed by atoms with Crippen LogP contribution in [0.2, 0.25) is 0 Å². The van der Waals surface area contributed by atoms with Gasteiger partial charge in [-0.3, -0.25) is 9.59 Å². The number of ether oxygens (including phenoxy) is 1. The number of nitrogens with one attached hydrogen (secondary N) is 2. The van der Waals surface area contributed by atoms with Crippen molar-refractivity contribution in [3.8, 4) is 5.75 Å². The standard InChI is InChI=1S/C25H26N2O3/c1-17-13-18(2)15-21(14-17)30-16-24(28)27-23-12-8-7-11-22(23)25(29)26-19(3)20-9-5-4-6-10-20/h4-15,19H,16H2,1-3H3,(H,26,29)(H,27,28)/t19-/m0/s1. The highest BCUT2D eigenvalue weighted by Gasteiger charge is 2.16. The summed E-state index contributed by atoms with van der Waals surface area (Å²) in [5.74, 6) is 0.0633. The zero-order valence-electron chi connectivity index (χ0n) is 17.4. The molecule has 3 aromatic rings. The second-order valence-electron chi connectivity index (χ2n) is 7.31. The minimum absolute atomic E-state index is 0.140. The van der Waals surface area contributed by atoms with Gasteiger partial charge in [-0.1, -0.05) is 48.5 Å². The van der Waals surface area contributed by atoms with Crippen LogP contribution in [0.4, 0.5) is 5.69 Å². The number of aryl methyl sites for hydroxylation is 2. The molecular weight excluding hydrogens is 376 g/mol. The van der Waals surface area contributed by atoms with Crippen LogP contribution in [-0.2, 0) is 4.79 Å². The van der Waals surface area contributed by atoms with Gasteiger partial charge in [0.25, 0.3) is 11.8 Å². The molecule has 0 saturated heterocycles. The van der Waals surface area contributed by atoms with Crippen molar-refractivity contribution >= 4 is 17.5 Å². The van der Waals surface area contributed by atoms with E-state index in [0.29, 0.717) is 17.0 Å². The molecule has 2 amide bonds. The lowest BCUT2D eigenvalue weighted by molar-refractivity contribution is -0.118. The lowest BCUT2D eigenvalue weighted by atomic mass is 10.1. The summed E-state index contributed by atoms with van der Waals surface area (Å²) in [6.07, 6.45) is 0. The Hall–Kier alpha value is -3.60. The van der Waals surface area contributed by atoms with Crippen LogP contribution >= 0.6 is 0 Å². The van der Waals surface area contributed by atoms with Crippen LogP contribution in [0.15, 0.2) is 72.8 Å². The lowest BCUT2D eigenvalue weighted by Crippen LogP contribution is -2.28. The Balaban J connectivity index is 1.64. The first-order valence-electron chi connectivity index (χ1n) is 9.88. The first-order chi connectivity index (χ1) is 14.4. The van der Waals surface area contributed by atoms with E-state index in [1.807, 2.05) is 69.3 Å². The quantitative estimate of drug-likeness (QED) is 0.596. The molecule has 0 aromatic heterocycles. The number of hydrogen-bond acceptors (Lipinski definition) is 3. The maximum Gasteiger partial charge on any atom is 0.262 e. The van der Waals surface area contributed by atoms with E-state index < -0.39 is 0 Å². The highest BCUT2D eigenvalue weighted by molar-refractivity contribution is 6.04. The van der Waals surface area contributed by atoms with Gasteiger partial charge in [-0.25, -0.2) is 0 Å². The van der Waals surface area contributed by atoms with Crippen molar-refractivity contribution in [3.63, 3.8) is 0 Å². The topological polar surface area (TPSA) is 67.4 Å². The predicted octanol–water partition coefficient (Wildman–Crippen LogP) is 4.81. The van der Waals surface area contributed by atoms with Crippen LogP contribution in [0.3, 0.4) is 0 Å². The van der Waals surface area contributed by atoms with E-state index in [1.165, 1.54) is 0 Å². The lowest BCUT2D eigenvalue weighted by Gasteiger charge is -2.16. The molecule has 0 aliphatic rings. The number of anilines is 1. The van der Waals surface area contributed by atoms with E-state index in [2.05, 4.69) is 10.6 Å². The molecule has 2 N–H and O–H groups in total. The highest BCUT2D eigenvalue weighted by Crippen LogP contribution is 2.19. The molecule has 3 aromatic carbocycles. The number of amides is 2. The number of hydrogen-bond donors (Lipinski definition) is 2. The molecule has 0 radical (unpaired) electrons. The number of para-hydroxylation sites is 1. The summed E-state index contributed by atoms with van der Waals surface area (Å²) >= 11 is 0. The third kappa shape index (κ3) is 5.70.